The van der Waals surface area contributed by atoms with Crippen LogP contribution in [0.15, 0.2) is 0 Å². The van der Waals surface area contributed by atoms with Crippen molar-refractivity contribution < 1.29 is 9.90 Å². The lowest BCUT2D eigenvalue weighted by molar-refractivity contribution is -0.132. The smallest absolute Gasteiger partial charge is 0.222 e. The standard InChI is InChI=1S/C15H29N3O2/c1-17(2)10-13-8-14(19)11-18(13)15(20)6-5-12-4-3-7-16-9-12/h12-14,16,19H,3-11H2,1-2H3. The van der Waals surface area contributed by atoms with Gasteiger partial charge in [-0.15, -0.1) is 0 Å². The van der Waals surface area contributed by atoms with Crippen LogP contribution in [0.4, 0.5) is 0 Å². The van der Waals surface area contributed by atoms with Gasteiger partial charge in [0.25, 0.3) is 0 Å². The molecule has 116 valence electrons. The van der Waals surface area contributed by atoms with Crippen molar-refractivity contribution in [2.24, 2.45) is 5.92 Å². The Labute approximate surface area is 122 Å². The summed E-state index contributed by atoms with van der Waals surface area (Å²) < 4.78 is 0. The average molecular weight is 283 g/mol. The Morgan fingerprint density at radius 2 is 2.25 bits per heavy atom. The molecule has 0 saturated carbocycles. The van der Waals surface area contributed by atoms with Crippen molar-refractivity contribution in [3.8, 4) is 0 Å². The second kappa shape index (κ2) is 7.38. The van der Waals surface area contributed by atoms with Crippen LogP contribution < -0.4 is 5.32 Å². The summed E-state index contributed by atoms with van der Waals surface area (Å²) in [6, 6.07) is 0.178. The Hall–Kier alpha value is -0.650. The average Bonchev–Trinajstić information content (AvgIpc) is 2.77. The van der Waals surface area contributed by atoms with Crippen molar-refractivity contribution in [1.82, 2.24) is 15.1 Å². The number of carbonyl (C=O) groups excluding carboxylic acids is 1. The lowest BCUT2D eigenvalue weighted by Gasteiger charge is -2.28. The molecule has 2 fully saturated rings. The van der Waals surface area contributed by atoms with Gasteiger partial charge in [0.1, 0.15) is 0 Å². The minimum atomic E-state index is -0.347. The number of aliphatic hydroxyl groups excluding tert-OH is 1. The van der Waals surface area contributed by atoms with Crippen molar-refractivity contribution in [2.45, 2.75) is 44.2 Å². The Morgan fingerprint density at radius 3 is 2.90 bits per heavy atom. The van der Waals surface area contributed by atoms with Crippen molar-refractivity contribution in [3.63, 3.8) is 0 Å². The third-order valence-corrected chi connectivity index (χ3v) is 4.45. The molecule has 2 aliphatic rings. The predicted octanol–water partition coefficient (Wildman–Crippen LogP) is 0.290. The van der Waals surface area contributed by atoms with E-state index >= 15 is 0 Å². The first-order valence-corrected chi connectivity index (χ1v) is 7.89. The first-order valence-electron chi connectivity index (χ1n) is 7.89. The molecular formula is C15H29N3O2. The first kappa shape index (κ1) is 15.7. The van der Waals surface area contributed by atoms with Gasteiger partial charge in [0.05, 0.1) is 6.10 Å². The molecule has 0 bridgehead atoms. The van der Waals surface area contributed by atoms with E-state index in [4.69, 9.17) is 0 Å². The minimum absolute atomic E-state index is 0.178. The maximum atomic E-state index is 12.4. The van der Waals surface area contributed by atoms with Gasteiger partial charge >= 0.3 is 0 Å². The number of aliphatic hydroxyl groups is 1. The minimum Gasteiger partial charge on any atom is -0.391 e. The fourth-order valence-corrected chi connectivity index (χ4v) is 3.43. The van der Waals surface area contributed by atoms with Gasteiger partial charge in [-0.1, -0.05) is 0 Å². The molecule has 0 aliphatic carbocycles. The van der Waals surface area contributed by atoms with Crippen LogP contribution in [0.1, 0.15) is 32.1 Å². The molecule has 2 aliphatic heterocycles. The van der Waals surface area contributed by atoms with Crippen LogP contribution in [-0.2, 0) is 4.79 Å². The maximum absolute atomic E-state index is 12.4. The Balaban J connectivity index is 1.80. The van der Waals surface area contributed by atoms with Gasteiger partial charge in [-0.3, -0.25) is 4.79 Å². The number of carbonyl (C=O) groups is 1. The number of likely N-dealkylation sites (tertiary alicyclic amines) is 1. The zero-order valence-electron chi connectivity index (χ0n) is 12.8. The maximum Gasteiger partial charge on any atom is 0.222 e. The molecule has 20 heavy (non-hydrogen) atoms. The van der Waals surface area contributed by atoms with Gasteiger partial charge in [-0.25, -0.2) is 0 Å². The molecule has 5 nitrogen and oxygen atoms in total. The summed E-state index contributed by atoms with van der Waals surface area (Å²) in [5, 5.41) is 13.2. The van der Waals surface area contributed by atoms with Gasteiger partial charge in [0.15, 0.2) is 0 Å². The molecule has 2 N–H and O–H groups in total. The van der Waals surface area contributed by atoms with Crippen LogP contribution >= 0.6 is 0 Å². The largest absolute Gasteiger partial charge is 0.391 e. The molecule has 0 aromatic carbocycles. The molecule has 0 spiro atoms. The van der Waals surface area contributed by atoms with Crippen molar-refractivity contribution in [1.29, 1.82) is 0 Å². The molecular weight excluding hydrogens is 254 g/mol. The number of nitrogens with one attached hydrogen (secondary N) is 1. The molecule has 1 amide bonds. The summed E-state index contributed by atoms with van der Waals surface area (Å²) in [4.78, 5) is 16.4. The van der Waals surface area contributed by atoms with E-state index in [9.17, 15) is 9.90 Å². The van der Waals surface area contributed by atoms with Gasteiger partial charge in [0, 0.05) is 25.6 Å². The van der Waals surface area contributed by atoms with Crippen LogP contribution in [0.25, 0.3) is 0 Å². The number of rotatable bonds is 5. The number of likely N-dealkylation sites (N-methyl/N-ethyl adjacent to an activating group) is 1. The number of hydrogen-bond donors (Lipinski definition) is 2. The number of β-amino-alcohol motifs (C(OH)–C–C–N with tert-alkyl or cyclic N) is 1. The van der Waals surface area contributed by atoms with Crippen molar-refractivity contribution in [2.75, 3.05) is 40.3 Å². The highest BCUT2D eigenvalue weighted by molar-refractivity contribution is 5.77. The Bertz CT molecular complexity index is 316. The van der Waals surface area contributed by atoms with E-state index in [1.165, 1.54) is 12.8 Å². The molecule has 0 aromatic rings. The molecule has 2 saturated heterocycles. The monoisotopic (exact) mass is 283 g/mol. The zero-order valence-corrected chi connectivity index (χ0v) is 12.8. The predicted molar refractivity (Wildman–Crippen MR) is 79.5 cm³/mol. The molecule has 3 unspecified atom stereocenters. The lowest BCUT2D eigenvalue weighted by atomic mass is 9.94. The molecule has 2 rings (SSSR count). The van der Waals surface area contributed by atoms with Crippen molar-refractivity contribution in [3.05, 3.63) is 0 Å². The van der Waals surface area contributed by atoms with Crippen LogP contribution in [0.5, 0.6) is 0 Å². The Morgan fingerprint density at radius 1 is 1.45 bits per heavy atom. The summed E-state index contributed by atoms with van der Waals surface area (Å²) in [6.45, 7) is 3.53. The topological polar surface area (TPSA) is 55.8 Å². The summed E-state index contributed by atoms with van der Waals surface area (Å²) >= 11 is 0. The third kappa shape index (κ3) is 4.43. The van der Waals surface area contributed by atoms with E-state index < -0.39 is 0 Å². The first-order chi connectivity index (χ1) is 9.56. The van der Waals surface area contributed by atoms with Gasteiger partial charge in [-0.2, -0.15) is 0 Å². The summed E-state index contributed by atoms with van der Waals surface area (Å²) in [6.07, 6.45) is 4.44. The molecule has 2 heterocycles. The van der Waals surface area contributed by atoms with Gasteiger partial charge < -0.3 is 20.2 Å². The fraction of sp³-hybridized carbons (Fsp3) is 0.933. The fourth-order valence-electron chi connectivity index (χ4n) is 3.43. The van der Waals surface area contributed by atoms with Crippen molar-refractivity contribution >= 4 is 5.91 Å². The van der Waals surface area contributed by atoms with Crippen LogP contribution in [-0.4, -0.2) is 73.2 Å². The summed E-state index contributed by atoms with van der Waals surface area (Å²) in [5.74, 6) is 0.867. The normalized spacial score (nSPS) is 31.0. The van der Waals surface area contributed by atoms with Gasteiger partial charge in [-0.05, 0) is 58.8 Å². The Kier molecular flexibility index (Phi) is 5.81. The molecule has 0 radical (unpaired) electrons. The number of nitrogens with zero attached hydrogens (tertiary/aromatic N) is 2. The second-order valence-corrected chi connectivity index (χ2v) is 6.60. The molecule has 5 heteroatoms. The summed E-state index contributed by atoms with van der Waals surface area (Å²) in [5.41, 5.74) is 0. The van der Waals surface area contributed by atoms with Crippen LogP contribution in [0, 0.1) is 5.92 Å². The number of piperidine rings is 1. The van der Waals surface area contributed by atoms with E-state index in [1.807, 2.05) is 19.0 Å². The highest BCUT2D eigenvalue weighted by atomic mass is 16.3. The van der Waals surface area contributed by atoms with E-state index in [2.05, 4.69) is 10.2 Å². The quantitative estimate of drug-likeness (QED) is 0.761. The van der Waals surface area contributed by atoms with Crippen LogP contribution in [0.3, 0.4) is 0 Å². The lowest BCUT2D eigenvalue weighted by Crippen LogP contribution is -2.41. The number of hydrogen-bond acceptors (Lipinski definition) is 4. The van der Waals surface area contributed by atoms with E-state index in [0.29, 0.717) is 18.9 Å². The molecule has 3 atom stereocenters. The van der Waals surface area contributed by atoms with E-state index in [-0.39, 0.29) is 18.1 Å². The third-order valence-electron chi connectivity index (χ3n) is 4.45. The van der Waals surface area contributed by atoms with E-state index in [0.717, 1.165) is 32.5 Å². The SMILES string of the molecule is CN(C)CC1CC(O)CN1C(=O)CCC1CCCNC1. The molecule has 0 aromatic heterocycles. The summed E-state index contributed by atoms with van der Waals surface area (Å²) in [7, 11) is 4.03. The highest BCUT2D eigenvalue weighted by Gasteiger charge is 2.34. The zero-order chi connectivity index (χ0) is 14.5. The second-order valence-electron chi connectivity index (χ2n) is 6.60. The number of amides is 1. The van der Waals surface area contributed by atoms with Crippen LogP contribution in [0.2, 0.25) is 0 Å². The highest BCUT2D eigenvalue weighted by Crippen LogP contribution is 2.22. The van der Waals surface area contributed by atoms with E-state index in [1.54, 1.807) is 0 Å². The van der Waals surface area contributed by atoms with Gasteiger partial charge in [0.2, 0.25) is 5.91 Å².